The van der Waals surface area contributed by atoms with E-state index in [1.54, 1.807) is 29.2 Å². The lowest BCUT2D eigenvalue weighted by Gasteiger charge is -2.34. The number of benzene rings is 1. The molecule has 1 aliphatic carbocycles. The Kier molecular flexibility index (Phi) is 5.98. The number of Topliss-reactive ketones (excluding diaryl/α,β-unsaturated/α-hetero) is 1. The van der Waals surface area contributed by atoms with E-state index in [0.717, 1.165) is 31.2 Å². The summed E-state index contributed by atoms with van der Waals surface area (Å²) in [6.07, 6.45) is 4.35. The first-order valence-corrected chi connectivity index (χ1v) is 11.0. The number of carbonyl (C=O) groups is 2. The van der Waals surface area contributed by atoms with Gasteiger partial charge in [0.05, 0.1) is 12.6 Å². The molecule has 1 aromatic rings. The van der Waals surface area contributed by atoms with Crippen LogP contribution in [0.5, 0.6) is 0 Å². The van der Waals surface area contributed by atoms with Gasteiger partial charge < -0.3 is 10.6 Å². The van der Waals surface area contributed by atoms with Crippen LogP contribution in [0.15, 0.2) is 30.3 Å². The molecule has 0 radical (unpaired) electrons. The zero-order valence-electron chi connectivity index (χ0n) is 15.3. The van der Waals surface area contributed by atoms with Crippen molar-refractivity contribution in [3.8, 4) is 0 Å². The predicted molar refractivity (Wildman–Crippen MR) is 102 cm³/mol. The maximum absolute atomic E-state index is 13.3. The van der Waals surface area contributed by atoms with Gasteiger partial charge in [0.25, 0.3) is 0 Å². The minimum atomic E-state index is -4.11. The van der Waals surface area contributed by atoms with Crippen molar-refractivity contribution in [1.29, 1.82) is 0 Å². The zero-order chi connectivity index (χ0) is 19.6. The normalized spacial score (nSPS) is 26.4. The summed E-state index contributed by atoms with van der Waals surface area (Å²) in [4.78, 5) is 27.3. The molecule has 27 heavy (non-hydrogen) atoms. The molecule has 7 nitrogen and oxygen atoms in total. The van der Waals surface area contributed by atoms with Gasteiger partial charge in [-0.25, -0.2) is 13.6 Å². The first kappa shape index (κ1) is 20.0. The lowest BCUT2D eigenvalue weighted by Crippen LogP contribution is -2.53. The van der Waals surface area contributed by atoms with Crippen LogP contribution in [0.4, 0.5) is 0 Å². The molecular formula is C19H27N3O4S. The molecule has 0 aromatic heterocycles. The van der Waals surface area contributed by atoms with Crippen molar-refractivity contribution in [1.82, 2.24) is 4.90 Å². The Labute approximate surface area is 160 Å². The van der Waals surface area contributed by atoms with E-state index in [1.807, 2.05) is 6.07 Å². The summed E-state index contributed by atoms with van der Waals surface area (Å²) in [5.74, 6) is -0.561. The van der Waals surface area contributed by atoms with Gasteiger partial charge in [0.2, 0.25) is 15.9 Å². The SMILES string of the molecule is NCC(=O)N1C(C(=O)C(Cc2ccccc2)S(N)(=O)=O)CC2CCCCC21. The molecule has 1 amide bonds. The fraction of sp³-hybridized carbons (Fsp3) is 0.579. The largest absolute Gasteiger partial charge is 0.328 e. The number of rotatable bonds is 6. The van der Waals surface area contributed by atoms with Gasteiger partial charge >= 0.3 is 0 Å². The third-order valence-corrected chi connectivity index (χ3v) is 7.05. The highest BCUT2D eigenvalue weighted by molar-refractivity contribution is 7.90. The van der Waals surface area contributed by atoms with Crippen LogP contribution < -0.4 is 10.9 Å². The number of ketones is 1. The minimum absolute atomic E-state index is 0.00892. The molecule has 1 saturated heterocycles. The van der Waals surface area contributed by atoms with Crippen LogP contribution in [0.25, 0.3) is 0 Å². The number of hydrogen-bond donors (Lipinski definition) is 2. The van der Waals surface area contributed by atoms with Gasteiger partial charge in [-0.3, -0.25) is 9.59 Å². The topological polar surface area (TPSA) is 124 Å². The van der Waals surface area contributed by atoms with Crippen LogP contribution in [0.2, 0.25) is 0 Å². The lowest BCUT2D eigenvalue weighted by atomic mass is 9.84. The molecule has 148 valence electrons. The molecule has 1 saturated carbocycles. The standard InChI is InChI=1S/C19H27N3O4S/c20-12-18(23)22-15-9-5-4-8-14(15)11-16(22)19(24)17(27(21,25)26)10-13-6-2-1-3-7-13/h1-3,6-7,14-17H,4-5,8-12,20H2,(H2,21,25,26). The summed E-state index contributed by atoms with van der Waals surface area (Å²) in [6, 6.07) is 8.14. The van der Waals surface area contributed by atoms with E-state index in [-0.39, 0.29) is 30.8 Å². The van der Waals surface area contributed by atoms with Gasteiger partial charge in [0.1, 0.15) is 5.25 Å². The number of sulfonamides is 1. The predicted octanol–water partition coefficient (Wildman–Crippen LogP) is 0.574. The number of likely N-dealkylation sites (tertiary alicyclic amines) is 1. The molecule has 4 N–H and O–H groups in total. The number of nitrogens with two attached hydrogens (primary N) is 2. The minimum Gasteiger partial charge on any atom is -0.328 e. The van der Waals surface area contributed by atoms with Crippen LogP contribution in [0.1, 0.15) is 37.7 Å². The Morgan fingerprint density at radius 1 is 1.15 bits per heavy atom. The van der Waals surface area contributed by atoms with E-state index in [1.165, 1.54) is 0 Å². The molecule has 4 atom stereocenters. The summed E-state index contributed by atoms with van der Waals surface area (Å²) in [6.45, 7) is -0.189. The average Bonchev–Trinajstić information content (AvgIpc) is 3.04. The molecule has 0 spiro atoms. The molecule has 1 aromatic carbocycles. The van der Waals surface area contributed by atoms with Gasteiger partial charge in [-0.05, 0) is 37.2 Å². The summed E-state index contributed by atoms with van der Waals surface area (Å²) in [5, 5.41) is 4.06. The molecule has 4 unspecified atom stereocenters. The molecule has 8 heteroatoms. The monoisotopic (exact) mass is 393 g/mol. The summed E-state index contributed by atoms with van der Waals surface area (Å²) in [7, 11) is -4.11. The van der Waals surface area contributed by atoms with Crippen LogP contribution in [0, 0.1) is 5.92 Å². The Morgan fingerprint density at radius 2 is 1.81 bits per heavy atom. The quantitative estimate of drug-likeness (QED) is 0.731. The van der Waals surface area contributed by atoms with E-state index in [0.29, 0.717) is 6.42 Å². The Bertz CT molecular complexity index is 796. The highest BCUT2D eigenvalue weighted by atomic mass is 32.2. The van der Waals surface area contributed by atoms with Crippen LogP contribution >= 0.6 is 0 Å². The molecule has 2 fully saturated rings. The molecular weight excluding hydrogens is 366 g/mol. The number of hydrogen-bond acceptors (Lipinski definition) is 5. The molecule has 1 aliphatic heterocycles. The summed E-state index contributed by atoms with van der Waals surface area (Å²) in [5.41, 5.74) is 6.30. The van der Waals surface area contributed by atoms with E-state index < -0.39 is 27.1 Å². The smallest absolute Gasteiger partial charge is 0.237 e. The highest BCUT2D eigenvalue weighted by Gasteiger charge is 2.49. The Balaban J connectivity index is 1.90. The third-order valence-electron chi connectivity index (χ3n) is 5.86. The second-order valence-electron chi connectivity index (χ2n) is 7.54. The van der Waals surface area contributed by atoms with Crippen molar-refractivity contribution in [2.75, 3.05) is 6.54 Å². The first-order valence-electron chi connectivity index (χ1n) is 9.43. The number of carbonyl (C=O) groups excluding carboxylic acids is 2. The number of primary sulfonamides is 1. The van der Waals surface area contributed by atoms with Crippen molar-refractivity contribution >= 4 is 21.7 Å². The van der Waals surface area contributed by atoms with E-state index in [9.17, 15) is 18.0 Å². The Morgan fingerprint density at radius 3 is 2.44 bits per heavy atom. The summed E-state index contributed by atoms with van der Waals surface area (Å²) < 4.78 is 24.4. The molecule has 1 heterocycles. The van der Waals surface area contributed by atoms with E-state index in [2.05, 4.69) is 0 Å². The number of nitrogens with zero attached hydrogens (tertiary/aromatic N) is 1. The maximum Gasteiger partial charge on any atom is 0.237 e. The van der Waals surface area contributed by atoms with Crippen LogP contribution in [-0.4, -0.2) is 48.9 Å². The van der Waals surface area contributed by atoms with Gasteiger partial charge in [0, 0.05) is 6.04 Å². The van der Waals surface area contributed by atoms with Crippen LogP contribution in [0.3, 0.4) is 0 Å². The van der Waals surface area contributed by atoms with Gasteiger partial charge in [-0.15, -0.1) is 0 Å². The molecule has 3 rings (SSSR count). The number of amides is 1. The maximum atomic E-state index is 13.3. The second-order valence-corrected chi connectivity index (χ2v) is 9.29. The summed E-state index contributed by atoms with van der Waals surface area (Å²) >= 11 is 0. The van der Waals surface area contributed by atoms with Crippen molar-refractivity contribution in [2.24, 2.45) is 16.8 Å². The number of fused-ring (bicyclic) bond motifs is 1. The molecule has 0 bridgehead atoms. The van der Waals surface area contributed by atoms with Gasteiger partial charge in [0.15, 0.2) is 5.78 Å². The third kappa shape index (κ3) is 4.23. The van der Waals surface area contributed by atoms with Crippen molar-refractivity contribution < 1.29 is 18.0 Å². The zero-order valence-corrected chi connectivity index (χ0v) is 16.1. The first-order chi connectivity index (χ1) is 12.8. The van der Waals surface area contributed by atoms with Gasteiger partial charge in [-0.2, -0.15) is 0 Å². The fourth-order valence-electron chi connectivity index (χ4n) is 4.60. The van der Waals surface area contributed by atoms with E-state index in [4.69, 9.17) is 10.9 Å². The highest BCUT2D eigenvalue weighted by Crippen LogP contribution is 2.40. The lowest BCUT2D eigenvalue weighted by molar-refractivity contribution is -0.138. The van der Waals surface area contributed by atoms with Crippen molar-refractivity contribution in [2.45, 2.75) is 55.9 Å². The van der Waals surface area contributed by atoms with Crippen molar-refractivity contribution in [3.05, 3.63) is 35.9 Å². The average molecular weight is 394 g/mol. The molecule has 2 aliphatic rings. The fourth-order valence-corrected chi connectivity index (χ4v) is 5.51. The van der Waals surface area contributed by atoms with Crippen molar-refractivity contribution in [3.63, 3.8) is 0 Å². The van der Waals surface area contributed by atoms with Crippen LogP contribution in [-0.2, 0) is 26.0 Å². The van der Waals surface area contributed by atoms with E-state index >= 15 is 0 Å². The van der Waals surface area contributed by atoms with Gasteiger partial charge in [-0.1, -0.05) is 43.2 Å². The second kappa shape index (κ2) is 8.08. The Hall–Kier alpha value is -1.77.